The molecule has 1 aromatic carbocycles. The van der Waals surface area contributed by atoms with E-state index in [-0.39, 0.29) is 23.2 Å². The minimum absolute atomic E-state index is 0.0263. The summed E-state index contributed by atoms with van der Waals surface area (Å²) in [7, 11) is 0. The van der Waals surface area contributed by atoms with Crippen molar-refractivity contribution in [3.63, 3.8) is 0 Å². The zero-order valence-corrected chi connectivity index (χ0v) is 12.6. The van der Waals surface area contributed by atoms with Crippen LogP contribution in [0, 0.1) is 17.7 Å². The van der Waals surface area contributed by atoms with E-state index in [0.29, 0.717) is 6.42 Å². The van der Waals surface area contributed by atoms with Crippen LogP contribution >= 0.6 is 11.6 Å². The van der Waals surface area contributed by atoms with Crippen molar-refractivity contribution in [3.05, 3.63) is 29.0 Å². The highest BCUT2D eigenvalue weighted by molar-refractivity contribution is 6.31. The normalized spacial score (nSPS) is 12.0. The van der Waals surface area contributed by atoms with E-state index in [9.17, 15) is 14.0 Å². The Bertz CT molecular complexity index is 523. The number of benzene rings is 1. The lowest BCUT2D eigenvalue weighted by Gasteiger charge is -2.16. The molecule has 0 aliphatic heterocycles. The van der Waals surface area contributed by atoms with E-state index >= 15 is 0 Å². The molecule has 0 aromatic heterocycles. The number of urea groups is 1. The molecule has 0 aliphatic carbocycles. The topological polar surface area (TPSA) is 78.4 Å². The van der Waals surface area contributed by atoms with E-state index in [4.69, 9.17) is 16.7 Å². The SMILES string of the molecule is CC(C)CC(CNC(=O)Nc1cccc(Cl)c1F)C(=O)O. The predicted octanol–water partition coefficient (Wildman–Crippen LogP) is 3.35. The van der Waals surface area contributed by atoms with Gasteiger partial charge in [0, 0.05) is 6.54 Å². The summed E-state index contributed by atoms with van der Waals surface area (Å²) >= 11 is 5.60. The van der Waals surface area contributed by atoms with Gasteiger partial charge in [-0.25, -0.2) is 9.18 Å². The third-order valence-corrected chi connectivity index (χ3v) is 3.11. The molecule has 0 bridgehead atoms. The lowest BCUT2D eigenvalue weighted by Crippen LogP contribution is -2.36. The van der Waals surface area contributed by atoms with E-state index in [2.05, 4.69) is 10.6 Å². The zero-order valence-electron chi connectivity index (χ0n) is 11.8. The summed E-state index contributed by atoms with van der Waals surface area (Å²) in [4.78, 5) is 22.7. The van der Waals surface area contributed by atoms with Crippen LogP contribution in [0.5, 0.6) is 0 Å². The molecule has 0 saturated carbocycles. The maximum Gasteiger partial charge on any atom is 0.319 e. The highest BCUT2D eigenvalue weighted by Gasteiger charge is 2.20. The van der Waals surface area contributed by atoms with E-state index < -0.39 is 23.7 Å². The second-order valence-corrected chi connectivity index (χ2v) is 5.51. The van der Waals surface area contributed by atoms with Crippen LogP contribution in [-0.4, -0.2) is 23.7 Å². The van der Waals surface area contributed by atoms with Crippen molar-refractivity contribution < 1.29 is 19.1 Å². The molecule has 2 amide bonds. The highest BCUT2D eigenvalue weighted by atomic mass is 35.5. The van der Waals surface area contributed by atoms with Gasteiger partial charge in [0.1, 0.15) is 0 Å². The molecule has 5 nitrogen and oxygen atoms in total. The molecule has 1 aromatic rings. The Labute approximate surface area is 127 Å². The van der Waals surface area contributed by atoms with Crippen LogP contribution in [0.4, 0.5) is 14.9 Å². The van der Waals surface area contributed by atoms with Gasteiger partial charge in [-0.1, -0.05) is 31.5 Å². The smallest absolute Gasteiger partial charge is 0.319 e. The maximum absolute atomic E-state index is 13.6. The molecule has 1 unspecified atom stereocenters. The average Bonchev–Trinajstić information content (AvgIpc) is 2.39. The molecule has 7 heteroatoms. The van der Waals surface area contributed by atoms with Crippen molar-refractivity contribution in [3.8, 4) is 0 Å². The number of amides is 2. The molecule has 1 rings (SSSR count). The largest absolute Gasteiger partial charge is 0.481 e. The van der Waals surface area contributed by atoms with Gasteiger partial charge in [0.15, 0.2) is 5.82 Å². The second-order valence-electron chi connectivity index (χ2n) is 5.10. The van der Waals surface area contributed by atoms with Gasteiger partial charge in [0.2, 0.25) is 0 Å². The fraction of sp³-hybridized carbons (Fsp3) is 0.429. The Morgan fingerprint density at radius 1 is 1.38 bits per heavy atom. The number of hydrogen-bond acceptors (Lipinski definition) is 2. The Hall–Kier alpha value is -1.82. The van der Waals surface area contributed by atoms with Gasteiger partial charge >= 0.3 is 12.0 Å². The van der Waals surface area contributed by atoms with Crippen molar-refractivity contribution in [1.82, 2.24) is 5.32 Å². The lowest BCUT2D eigenvalue weighted by atomic mass is 9.97. The predicted molar refractivity (Wildman–Crippen MR) is 79.0 cm³/mol. The number of carbonyl (C=O) groups is 2. The number of carboxylic acids is 1. The van der Waals surface area contributed by atoms with Crippen LogP contribution in [0.25, 0.3) is 0 Å². The third-order valence-electron chi connectivity index (χ3n) is 2.81. The van der Waals surface area contributed by atoms with Gasteiger partial charge in [0.05, 0.1) is 16.6 Å². The maximum atomic E-state index is 13.6. The zero-order chi connectivity index (χ0) is 16.0. The Kier molecular flexibility index (Phi) is 6.42. The molecular weight excluding hydrogens is 299 g/mol. The molecule has 3 N–H and O–H groups in total. The van der Waals surface area contributed by atoms with Crippen LogP contribution in [0.1, 0.15) is 20.3 Å². The highest BCUT2D eigenvalue weighted by Crippen LogP contribution is 2.21. The Morgan fingerprint density at radius 3 is 2.62 bits per heavy atom. The summed E-state index contributed by atoms with van der Waals surface area (Å²) in [6.45, 7) is 3.77. The third kappa shape index (κ3) is 5.59. The van der Waals surface area contributed by atoms with Crippen LogP contribution in [0.15, 0.2) is 18.2 Å². The lowest BCUT2D eigenvalue weighted by molar-refractivity contribution is -0.142. The van der Waals surface area contributed by atoms with Crippen molar-refractivity contribution in [2.45, 2.75) is 20.3 Å². The molecule has 0 radical (unpaired) electrons. The Balaban J connectivity index is 2.57. The van der Waals surface area contributed by atoms with Gasteiger partial charge < -0.3 is 15.7 Å². The van der Waals surface area contributed by atoms with Crippen molar-refractivity contribution >= 4 is 29.3 Å². The van der Waals surface area contributed by atoms with Gasteiger partial charge in [0.25, 0.3) is 0 Å². The number of carbonyl (C=O) groups excluding carboxylic acids is 1. The number of rotatable bonds is 6. The minimum atomic E-state index is -0.974. The summed E-state index contributed by atoms with van der Waals surface area (Å²) in [6.07, 6.45) is 0.446. The molecule has 0 spiro atoms. The van der Waals surface area contributed by atoms with Crippen LogP contribution in [0.3, 0.4) is 0 Å². The monoisotopic (exact) mass is 316 g/mol. The first-order valence-corrected chi connectivity index (χ1v) is 6.90. The fourth-order valence-electron chi connectivity index (χ4n) is 1.82. The summed E-state index contributed by atoms with van der Waals surface area (Å²) in [5.74, 6) is -2.19. The number of aliphatic carboxylic acids is 1. The van der Waals surface area contributed by atoms with E-state index in [1.165, 1.54) is 18.2 Å². The van der Waals surface area contributed by atoms with Crippen molar-refractivity contribution in [2.24, 2.45) is 11.8 Å². The molecule has 21 heavy (non-hydrogen) atoms. The number of nitrogens with one attached hydrogen (secondary N) is 2. The minimum Gasteiger partial charge on any atom is -0.481 e. The van der Waals surface area contributed by atoms with E-state index in [1.54, 1.807) is 0 Å². The summed E-state index contributed by atoms with van der Waals surface area (Å²) in [5.41, 5.74) is -0.0595. The molecule has 116 valence electrons. The number of halogens is 2. The van der Waals surface area contributed by atoms with Crippen LogP contribution in [0.2, 0.25) is 5.02 Å². The van der Waals surface area contributed by atoms with E-state index in [0.717, 1.165) is 0 Å². The molecule has 0 heterocycles. The second kappa shape index (κ2) is 7.83. The number of hydrogen-bond donors (Lipinski definition) is 3. The first-order chi connectivity index (χ1) is 9.81. The molecule has 1 atom stereocenters. The molecule has 0 saturated heterocycles. The van der Waals surface area contributed by atoms with Gasteiger partial charge in [-0.15, -0.1) is 0 Å². The van der Waals surface area contributed by atoms with Crippen molar-refractivity contribution in [2.75, 3.05) is 11.9 Å². The first kappa shape index (κ1) is 17.2. The summed E-state index contributed by atoms with van der Waals surface area (Å²) in [5, 5.41) is 13.7. The van der Waals surface area contributed by atoms with Crippen LogP contribution in [-0.2, 0) is 4.79 Å². The fourth-order valence-corrected chi connectivity index (χ4v) is 2.00. The molecular formula is C14H18ClFN2O3. The molecule has 0 fully saturated rings. The number of anilines is 1. The first-order valence-electron chi connectivity index (χ1n) is 6.53. The summed E-state index contributed by atoms with van der Waals surface area (Å²) in [6, 6.07) is 3.55. The van der Waals surface area contributed by atoms with Gasteiger partial charge in [-0.2, -0.15) is 0 Å². The average molecular weight is 317 g/mol. The van der Waals surface area contributed by atoms with Crippen molar-refractivity contribution in [1.29, 1.82) is 0 Å². The van der Waals surface area contributed by atoms with Gasteiger partial charge in [-0.05, 0) is 24.5 Å². The summed E-state index contributed by atoms with van der Waals surface area (Å²) < 4.78 is 13.6. The molecule has 0 aliphatic rings. The number of carboxylic acid groups (broad SMARTS) is 1. The van der Waals surface area contributed by atoms with E-state index in [1.807, 2.05) is 13.8 Å². The quantitative estimate of drug-likeness (QED) is 0.753. The van der Waals surface area contributed by atoms with Gasteiger partial charge in [-0.3, -0.25) is 4.79 Å². The standard InChI is InChI=1S/C14H18ClFN2O3/c1-8(2)6-9(13(19)20)7-17-14(21)18-11-5-3-4-10(15)12(11)16/h3-5,8-9H,6-7H2,1-2H3,(H,19,20)(H2,17,18,21). The Morgan fingerprint density at radius 2 is 2.05 bits per heavy atom. The van der Waals surface area contributed by atoms with Crippen LogP contribution < -0.4 is 10.6 Å².